The Morgan fingerprint density at radius 3 is 2.79 bits per heavy atom. The highest BCUT2D eigenvalue weighted by Crippen LogP contribution is 2.17. The van der Waals surface area contributed by atoms with Crippen molar-refractivity contribution in [3.63, 3.8) is 0 Å². The van der Waals surface area contributed by atoms with Gasteiger partial charge in [0.2, 0.25) is 5.91 Å². The van der Waals surface area contributed by atoms with E-state index in [1.165, 1.54) is 23.1 Å². The van der Waals surface area contributed by atoms with Gasteiger partial charge in [0, 0.05) is 19.5 Å². The minimum absolute atomic E-state index is 0.324. The summed E-state index contributed by atoms with van der Waals surface area (Å²) in [4.78, 5) is 14.2. The molecule has 0 aliphatic carbocycles. The van der Waals surface area contributed by atoms with Gasteiger partial charge in [-0.1, -0.05) is 25.1 Å². The van der Waals surface area contributed by atoms with Gasteiger partial charge in [-0.15, -0.1) is 0 Å². The van der Waals surface area contributed by atoms with Crippen LogP contribution in [-0.4, -0.2) is 23.9 Å². The molecule has 1 aromatic carbocycles. The van der Waals surface area contributed by atoms with Crippen LogP contribution in [0.15, 0.2) is 18.2 Å². The van der Waals surface area contributed by atoms with Crippen LogP contribution in [0.3, 0.4) is 0 Å². The van der Waals surface area contributed by atoms with Crippen LogP contribution in [-0.2, 0) is 11.2 Å². The normalized spacial score (nSPS) is 19.5. The summed E-state index contributed by atoms with van der Waals surface area (Å²) in [6.07, 6.45) is 3.94. The highest BCUT2D eigenvalue weighted by molar-refractivity contribution is 5.76. The summed E-state index contributed by atoms with van der Waals surface area (Å²) in [7, 11) is 0. The Bertz CT molecular complexity index is 453. The van der Waals surface area contributed by atoms with E-state index in [1.807, 2.05) is 0 Å². The Hall–Kier alpha value is -1.31. The van der Waals surface area contributed by atoms with Crippen molar-refractivity contribution >= 4 is 5.91 Å². The third-order valence-corrected chi connectivity index (χ3v) is 4.21. The second-order valence-electron chi connectivity index (χ2n) is 6.01. The largest absolute Gasteiger partial charge is 0.342 e. The second-order valence-corrected chi connectivity index (χ2v) is 6.01. The summed E-state index contributed by atoms with van der Waals surface area (Å²) in [6.45, 7) is 8.40. The van der Waals surface area contributed by atoms with Crippen molar-refractivity contribution in [3.05, 3.63) is 34.9 Å². The van der Waals surface area contributed by atoms with Gasteiger partial charge in [0.05, 0.1) is 0 Å². The van der Waals surface area contributed by atoms with E-state index in [0.717, 1.165) is 25.9 Å². The lowest BCUT2D eigenvalue weighted by Gasteiger charge is -2.31. The predicted octanol–water partition coefficient (Wildman–Crippen LogP) is 3.49. The summed E-state index contributed by atoms with van der Waals surface area (Å²) in [5, 5.41) is 0. The van der Waals surface area contributed by atoms with Gasteiger partial charge in [0.15, 0.2) is 0 Å². The molecule has 1 atom stereocenters. The fraction of sp³-hybridized carbons (Fsp3) is 0.588. The molecule has 1 saturated heterocycles. The van der Waals surface area contributed by atoms with Crippen LogP contribution < -0.4 is 0 Å². The predicted molar refractivity (Wildman–Crippen MR) is 79.2 cm³/mol. The standard InChI is InChI=1S/C17H25NO/c1-13-5-4-10-18(12-13)17(19)9-8-16-7-6-14(2)15(3)11-16/h6-7,11,13H,4-5,8-10,12H2,1-3H3/t13-/m1/s1. The van der Waals surface area contributed by atoms with Gasteiger partial charge in [-0.3, -0.25) is 4.79 Å². The first-order valence-corrected chi connectivity index (χ1v) is 7.40. The molecule has 2 nitrogen and oxygen atoms in total. The van der Waals surface area contributed by atoms with Crippen molar-refractivity contribution in [1.29, 1.82) is 0 Å². The van der Waals surface area contributed by atoms with Crippen molar-refractivity contribution in [2.24, 2.45) is 5.92 Å². The van der Waals surface area contributed by atoms with Crippen molar-refractivity contribution in [2.75, 3.05) is 13.1 Å². The lowest BCUT2D eigenvalue weighted by molar-refractivity contribution is -0.132. The third kappa shape index (κ3) is 3.82. The number of carbonyl (C=O) groups excluding carboxylic acids is 1. The summed E-state index contributed by atoms with van der Waals surface area (Å²) >= 11 is 0. The molecule has 104 valence electrons. The molecule has 0 bridgehead atoms. The lowest BCUT2D eigenvalue weighted by atomic mass is 9.99. The van der Waals surface area contributed by atoms with Gasteiger partial charge in [-0.05, 0) is 55.7 Å². The van der Waals surface area contributed by atoms with Crippen molar-refractivity contribution in [2.45, 2.75) is 46.5 Å². The Morgan fingerprint density at radius 1 is 1.32 bits per heavy atom. The van der Waals surface area contributed by atoms with Gasteiger partial charge in [-0.2, -0.15) is 0 Å². The van der Waals surface area contributed by atoms with Crippen LogP contribution in [0, 0.1) is 19.8 Å². The number of piperidine rings is 1. The van der Waals surface area contributed by atoms with E-state index in [4.69, 9.17) is 0 Å². The van der Waals surface area contributed by atoms with E-state index >= 15 is 0 Å². The minimum Gasteiger partial charge on any atom is -0.342 e. The summed E-state index contributed by atoms with van der Waals surface area (Å²) in [5.41, 5.74) is 3.91. The van der Waals surface area contributed by atoms with Crippen molar-refractivity contribution in [1.82, 2.24) is 4.90 Å². The monoisotopic (exact) mass is 259 g/mol. The van der Waals surface area contributed by atoms with Crippen LogP contribution >= 0.6 is 0 Å². The molecule has 2 heteroatoms. The van der Waals surface area contributed by atoms with E-state index in [2.05, 4.69) is 43.9 Å². The van der Waals surface area contributed by atoms with Gasteiger partial charge < -0.3 is 4.90 Å². The molecule has 0 unspecified atom stereocenters. The van der Waals surface area contributed by atoms with Gasteiger partial charge in [-0.25, -0.2) is 0 Å². The third-order valence-electron chi connectivity index (χ3n) is 4.21. The molecule has 0 spiro atoms. The Kier molecular flexibility index (Phi) is 4.62. The fourth-order valence-corrected chi connectivity index (χ4v) is 2.78. The fourth-order valence-electron chi connectivity index (χ4n) is 2.78. The van der Waals surface area contributed by atoms with E-state index < -0.39 is 0 Å². The van der Waals surface area contributed by atoms with Crippen molar-refractivity contribution in [3.8, 4) is 0 Å². The number of aryl methyl sites for hydroxylation is 3. The number of amides is 1. The minimum atomic E-state index is 0.324. The molecule has 1 aliphatic rings. The first kappa shape index (κ1) is 14.1. The number of rotatable bonds is 3. The van der Waals surface area contributed by atoms with Gasteiger partial charge >= 0.3 is 0 Å². The highest BCUT2D eigenvalue weighted by Gasteiger charge is 2.20. The highest BCUT2D eigenvalue weighted by atomic mass is 16.2. The van der Waals surface area contributed by atoms with E-state index in [9.17, 15) is 4.79 Å². The molecule has 1 fully saturated rings. The molecule has 1 heterocycles. The van der Waals surface area contributed by atoms with E-state index in [0.29, 0.717) is 18.2 Å². The quantitative estimate of drug-likeness (QED) is 0.813. The number of benzene rings is 1. The number of hydrogen-bond donors (Lipinski definition) is 0. The van der Waals surface area contributed by atoms with Gasteiger partial charge in [0.1, 0.15) is 0 Å². The molecule has 1 amide bonds. The molecule has 1 aromatic rings. The molecule has 0 saturated carbocycles. The van der Waals surface area contributed by atoms with Gasteiger partial charge in [0.25, 0.3) is 0 Å². The smallest absolute Gasteiger partial charge is 0.222 e. The van der Waals surface area contributed by atoms with Crippen LogP contribution in [0.1, 0.15) is 42.9 Å². The molecule has 1 aliphatic heterocycles. The SMILES string of the molecule is Cc1ccc(CCC(=O)N2CCC[C@@H](C)C2)cc1C. The van der Waals surface area contributed by atoms with Crippen molar-refractivity contribution < 1.29 is 4.79 Å². The summed E-state index contributed by atoms with van der Waals surface area (Å²) in [6, 6.07) is 6.51. The maximum atomic E-state index is 12.2. The molecule has 0 N–H and O–H groups in total. The molecule has 0 radical (unpaired) electrons. The second kappa shape index (κ2) is 6.23. The summed E-state index contributed by atoms with van der Waals surface area (Å²) in [5.74, 6) is 0.990. The lowest BCUT2D eigenvalue weighted by Crippen LogP contribution is -2.39. The van der Waals surface area contributed by atoms with Crippen LogP contribution in [0.4, 0.5) is 0 Å². The zero-order valence-electron chi connectivity index (χ0n) is 12.4. The number of hydrogen-bond acceptors (Lipinski definition) is 1. The summed E-state index contributed by atoms with van der Waals surface area (Å²) < 4.78 is 0. The number of carbonyl (C=O) groups is 1. The van der Waals surface area contributed by atoms with Crippen LogP contribution in [0.2, 0.25) is 0 Å². The average molecular weight is 259 g/mol. The maximum Gasteiger partial charge on any atom is 0.222 e. The van der Waals surface area contributed by atoms with E-state index in [-0.39, 0.29) is 0 Å². The molecule has 2 rings (SSSR count). The maximum absolute atomic E-state index is 12.2. The Labute approximate surface area is 116 Å². The molecular formula is C17H25NO. The topological polar surface area (TPSA) is 20.3 Å². The first-order chi connectivity index (χ1) is 9.06. The Morgan fingerprint density at radius 2 is 2.11 bits per heavy atom. The molecule has 19 heavy (non-hydrogen) atoms. The first-order valence-electron chi connectivity index (χ1n) is 7.40. The van der Waals surface area contributed by atoms with E-state index in [1.54, 1.807) is 0 Å². The molecule has 0 aromatic heterocycles. The number of nitrogens with zero attached hydrogens (tertiary/aromatic N) is 1. The van der Waals surface area contributed by atoms with Crippen LogP contribution in [0.5, 0.6) is 0 Å². The average Bonchev–Trinajstić information content (AvgIpc) is 2.40. The Balaban J connectivity index is 1.87. The van der Waals surface area contributed by atoms with Crippen LogP contribution in [0.25, 0.3) is 0 Å². The zero-order valence-corrected chi connectivity index (χ0v) is 12.4. The number of likely N-dealkylation sites (tertiary alicyclic amines) is 1. The molecular weight excluding hydrogens is 234 g/mol. The zero-order chi connectivity index (χ0) is 13.8.